The average Bonchev–Trinajstić information content (AvgIpc) is 3.39. The summed E-state index contributed by atoms with van der Waals surface area (Å²) in [7, 11) is 0. The molecule has 3 aliphatic heterocycles. The second-order valence-electron chi connectivity index (χ2n) is 9.29. The molecule has 0 amide bonds. The van der Waals surface area contributed by atoms with Gasteiger partial charge in [0.25, 0.3) is 0 Å². The van der Waals surface area contributed by atoms with Crippen molar-refractivity contribution in [3.63, 3.8) is 0 Å². The summed E-state index contributed by atoms with van der Waals surface area (Å²) in [4.78, 5) is 0. The van der Waals surface area contributed by atoms with Gasteiger partial charge in [-0.25, -0.2) is 0 Å². The Balaban J connectivity index is 1.30. The molecule has 0 radical (unpaired) electrons. The maximum atomic E-state index is 6.45. The van der Waals surface area contributed by atoms with E-state index in [2.05, 4.69) is 58.0 Å². The third kappa shape index (κ3) is 2.89. The number of hydrogen-bond donors (Lipinski definition) is 0. The number of hydrogen-bond acceptors (Lipinski definition) is 4. The topological polar surface area (TPSA) is 36.9 Å². The largest absolute Gasteiger partial charge is 0.493 e. The molecule has 0 spiro atoms. The van der Waals surface area contributed by atoms with Crippen LogP contribution in [0.5, 0.6) is 23.0 Å². The molecular formula is C28H28O4. The quantitative estimate of drug-likeness (QED) is 0.480. The molecule has 3 aliphatic rings. The number of fused-ring (bicyclic) bond motifs is 3. The molecule has 32 heavy (non-hydrogen) atoms. The zero-order chi connectivity index (χ0) is 22.0. The summed E-state index contributed by atoms with van der Waals surface area (Å²) in [6, 6.07) is 14.6. The summed E-state index contributed by atoms with van der Waals surface area (Å²) < 4.78 is 24.7. The van der Waals surface area contributed by atoms with Crippen LogP contribution in [0.15, 0.2) is 42.5 Å². The molecule has 0 aliphatic carbocycles. The molecule has 0 aromatic heterocycles. The monoisotopic (exact) mass is 428 g/mol. The van der Waals surface area contributed by atoms with Crippen LogP contribution in [-0.2, 0) is 6.42 Å². The molecule has 3 aromatic carbocycles. The van der Waals surface area contributed by atoms with Crippen molar-refractivity contribution in [1.82, 2.24) is 0 Å². The Hall–Kier alpha value is -3.14. The van der Waals surface area contributed by atoms with Gasteiger partial charge in [0.15, 0.2) is 17.6 Å². The lowest BCUT2D eigenvalue weighted by Gasteiger charge is -2.29. The number of para-hydroxylation sites is 1. The Bertz CT molecular complexity index is 1230. The number of ether oxygens (including phenoxy) is 4. The van der Waals surface area contributed by atoms with Crippen LogP contribution in [0.3, 0.4) is 0 Å². The first kappa shape index (κ1) is 19.5. The van der Waals surface area contributed by atoms with Gasteiger partial charge < -0.3 is 18.9 Å². The van der Waals surface area contributed by atoms with Crippen LogP contribution >= 0.6 is 0 Å². The molecule has 0 saturated carbocycles. The Morgan fingerprint density at radius 3 is 2.31 bits per heavy atom. The van der Waals surface area contributed by atoms with Gasteiger partial charge in [-0.1, -0.05) is 31.2 Å². The molecular weight excluding hydrogens is 400 g/mol. The van der Waals surface area contributed by atoms with E-state index in [0.717, 1.165) is 41.6 Å². The summed E-state index contributed by atoms with van der Waals surface area (Å²) >= 11 is 0. The zero-order valence-corrected chi connectivity index (χ0v) is 19.0. The van der Waals surface area contributed by atoms with E-state index >= 15 is 0 Å². The van der Waals surface area contributed by atoms with Gasteiger partial charge in [0, 0.05) is 23.5 Å². The first-order chi connectivity index (χ1) is 15.5. The smallest absolute Gasteiger partial charge is 0.165 e. The third-order valence-corrected chi connectivity index (χ3v) is 7.27. The lowest BCUT2D eigenvalue weighted by molar-refractivity contribution is 0.0898. The minimum atomic E-state index is -0.118. The van der Waals surface area contributed by atoms with Crippen LogP contribution in [0.25, 0.3) is 0 Å². The van der Waals surface area contributed by atoms with Crippen LogP contribution in [0.4, 0.5) is 0 Å². The van der Waals surface area contributed by atoms with Gasteiger partial charge in [0.2, 0.25) is 0 Å². The van der Waals surface area contributed by atoms with Crippen LogP contribution < -0.4 is 18.9 Å². The maximum absolute atomic E-state index is 6.45. The predicted molar refractivity (Wildman–Crippen MR) is 123 cm³/mol. The fraction of sp³-hybridized carbons (Fsp3) is 0.357. The Kier molecular flexibility index (Phi) is 4.39. The number of benzene rings is 3. The second-order valence-corrected chi connectivity index (χ2v) is 9.29. The minimum absolute atomic E-state index is 0.0311. The Morgan fingerprint density at radius 2 is 1.47 bits per heavy atom. The fourth-order valence-corrected chi connectivity index (χ4v) is 5.51. The summed E-state index contributed by atoms with van der Waals surface area (Å²) in [5.74, 6) is 4.11. The highest BCUT2D eigenvalue weighted by Gasteiger charge is 2.33. The maximum Gasteiger partial charge on any atom is 0.165 e. The van der Waals surface area contributed by atoms with E-state index in [1.165, 1.54) is 33.4 Å². The van der Waals surface area contributed by atoms with Crippen molar-refractivity contribution in [2.45, 2.75) is 52.2 Å². The molecule has 3 unspecified atom stereocenters. The number of aryl methyl sites for hydroxylation is 1. The molecule has 3 aromatic rings. The Morgan fingerprint density at radius 1 is 0.719 bits per heavy atom. The van der Waals surface area contributed by atoms with E-state index in [1.54, 1.807) is 0 Å². The fourth-order valence-electron chi connectivity index (χ4n) is 5.51. The van der Waals surface area contributed by atoms with Gasteiger partial charge in [-0.3, -0.25) is 0 Å². The minimum Gasteiger partial charge on any atom is -0.493 e. The first-order valence-corrected chi connectivity index (χ1v) is 11.5. The van der Waals surface area contributed by atoms with Crippen LogP contribution in [0.1, 0.15) is 64.0 Å². The Labute approximate surface area is 189 Å². The highest BCUT2D eigenvalue weighted by Crippen LogP contribution is 2.46. The van der Waals surface area contributed by atoms with Gasteiger partial charge in [0.05, 0.1) is 6.61 Å². The molecule has 0 N–H and O–H groups in total. The molecule has 4 heteroatoms. The van der Waals surface area contributed by atoms with Crippen molar-refractivity contribution in [2.24, 2.45) is 0 Å². The SMILES string of the molecule is Cc1cccc2c1OC(c1ccc3c(c1C)CC(c1ccc4c(c1C)C(C)CO4)O3)CO2. The van der Waals surface area contributed by atoms with E-state index in [9.17, 15) is 0 Å². The van der Waals surface area contributed by atoms with Crippen LogP contribution in [-0.4, -0.2) is 13.2 Å². The average molecular weight is 429 g/mol. The van der Waals surface area contributed by atoms with Crippen LogP contribution in [0, 0.1) is 20.8 Å². The lowest BCUT2D eigenvalue weighted by Crippen LogP contribution is -2.23. The van der Waals surface area contributed by atoms with Crippen LogP contribution in [0.2, 0.25) is 0 Å². The first-order valence-electron chi connectivity index (χ1n) is 11.5. The van der Waals surface area contributed by atoms with Gasteiger partial charge in [-0.15, -0.1) is 0 Å². The molecule has 3 atom stereocenters. The van der Waals surface area contributed by atoms with Crippen molar-refractivity contribution in [2.75, 3.05) is 13.2 Å². The van der Waals surface area contributed by atoms with E-state index in [-0.39, 0.29) is 12.2 Å². The highest BCUT2D eigenvalue weighted by molar-refractivity contribution is 5.54. The van der Waals surface area contributed by atoms with E-state index in [4.69, 9.17) is 18.9 Å². The molecule has 0 saturated heterocycles. The zero-order valence-electron chi connectivity index (χ0n) is 19.0. The van der Waals surface area contributed by atoms with Crippen molar-refractivity contribution < 1.29 is 18.9 Å². The summed E-state index contributed by atoms with van der Waals surface area (Å²) in [6.07, 6.45) is 0.781. The van der Waals surface area contributed by atoms with Crippen molar-refractivity contribution in [1.29, 1.82) is 0 Å². The van der Waals surface area contributed by atoms with Gasteiger partial charge in [-0.05, 0) is 66.8 Å². The molecule has 4 nitrogen and oxygen atoms in total. The van der Waals surface area contributed by atoms with E-state index in [1.807, 2.05) is 12.1 Å². The van der Waals surface area contributed by atoms with Gasteiger partial charge in [0.1, 0.15) is 24.2 Å². The molecule has 6 rings (SSSR count). The third-order valence-electron chi connectivity index (χ3n) is 7.27. The van der Waals surface area contributed by atoms with Crippen molar-refractivity contribution in [3.05, 3.63) is 81.4 Å². The normalized spacial score (nSPS) is 22.7. The molecule has 164 valence electrons. The summed E-state index contributed by atoms with van der Waals surface area (Å²) in [6.45, 7) is 9.96. The standard InChI is InChI=1S/C28H28O4/c1-15-6-5-7-24-28(15)32-26(14-30-24)19-8-10-22-21(17(19)3)12-25(31-22)20-9-11-23-27(18(20)4)16(2)13-29-23/h5-11,16,25-26H,12-14H2,1-4H3. The number of rotatable bonds is 2. The van der Waals surface area contributed by atoms with Crippen molar-refractivity contribution >= 4 is 0 Å². The summed E-state index contributed by atoms with van der Waals surface area (Å²) in [5, 5.41) is 0. The van der Waals surface area contributed by atoms with E-state index < -0.39 is 0 Å². The van der Waals surface area contributed by atoms with Gasteiger partial charge >= 0.3 is 0 Å². The van der Waals surface area contributed by atoms with E-state index in [0.29, 0.717) is 12.5 Å². The summed E-state index contributed by atoms with van der Waals surface area (Å²) in [5.41, 5.74) is 8.69. The lowest BCUT2D eigenvalue weighted by atomic mass is 9.89. The predicted octanol–water partition coefficient (Wildman–Crippen LogP) is 6.30. The highest BCUT2D eigenvalue weighted by atomic mass is 16.6. The molecule has 0 bridgehead atoms. The molecule has 3 heterocycles. The van der Waals surface area contributed by atoms with Crippen molar-refractivity contribution in [3.8, 4) is 23.0 Å². The second kappa shape index (κ2) is 7.19. The van der Waals surface area contributed by atoms with Gasteiger partial charge in [-0.2, -0.15) is 0 Å². The molecule has 0 fully saturated rings.